The molecule has 2 unspecified atom stereocenters. The summed E-state index contributed by atoms with van der Waals surface area (Å²) in [6.45, 7) is 7.02. The van der Waals surface area contributed by atoms with E-state index in [9.17, 15) is 5.11 Å². The molecule has 0 radical (unpaired) electrons. The number of hydrogen-bond acceptors (Lipinski definition) is 5. The van der Waals surface area contributed by atoms with Crippen molar-refractivity contribution in [1.29, 1.82) is 5.26 Å². The topological polar surface area (TPSA) is 59.7 Å². The summed E-state index contributed by atoms with van der Waals surface area (Å²) in [6.07, 6.45) is 0.434. The standard InChI is InChI=1S/C23H27N3O2/c1-18(12-13-24)21-10-6-7-11-22(21)28-23(19(2)27)26-16-14-25(15-17-26)20-8-4-3-5-9-20/h3-12,19,23,27H,14-17H2,1-2H3/b18-12-. The van der Waals surface area contributed by atoms with Crippen LogP contribution in [0, 0.1) is 11.3 Å². The Morgan fingerprint density at radius 1 is 1.07 bits per heavy atom. The van der Waals surface area contributed by atoms with Crippen LogP contribution in [0.3, 0.4) is 0 Å². The second-order valence-corrected chi connectivity index (χ2v) is 7.06. The number of allylic oxidation sites excluding steroid dienone is 2. The molecule has 5 heteroatoms. The number of anilines is 1. The highest BCUT2D eigenvalue weighted by Gasteiger charge is 2.29. The second kappa shape index (κ2) is 9.41. The summed E-state index contributed by atoms with van der Waals surface area (Å²) in [7, 11) is 0. The van der Waals surface area contributed by atoms with Crippen molar-refractivity contribution < 1.29 is 9.84 Å². The van der Waals surface area contributed by atoms with E-state index in [0.717, 1.165) is 37.3 Å². The molecule has 2 aromatic rings. The van der Waals surface area contributed by atoms with Crippen LogP contribution in [0.15, 0.2) is 60.7 Å². The Balaban J connectivity index is 1.72. The Morgan fingerprint density at radius 2 is 1.71 bits per heavy atom. The van der Waals surface area contributed by atoms with E-state index in [2.05, 4.69) is 40.1 Å². The number of nitriles is 1. The Labute approximate surface area is 167 Å². The lowest BCUT2D eigenvalue weighted by molar-refractivity contribution is -0.0602. The summed E-state index contributed by atoms with van der Waals surface area (Å²) in [5.41, 5.74) is 2.94. The second-order valence-electron chi connectivity index (χ2n) is 7.06. The van der Waals surface area contributed by atoms with E-state index in [4.69, 9.17) is 10.00 Å². The van der Waals surface area contributed by atoms with Crippen molar-refractivity contribution in [3.05, 3.63) is 66.2 Å². The molecule has 1 saturated heterocycles. The Bertz CT molecular complexity index is 834. The number of rotatable bonds is 6. The maximum absolute atomic E-state index is 10.4. The largest absolute Gasteiger partial charge is 0.472 e. The van der Waals surface area contributed by atoms with Gasteiger partial charge in [-0.3, -0.25) is 4.90 Å². The first-order valence-corrected chi connectivity index (χ1v) is 9.64. The van der Waals surface area contributed by atoms with Crippen molar-refractivity contribution in [2.45, 2.75) is 26.2 Å². The lowest BCUT2D eigenvalue weighted by Crippen LogP contribution is -2.55. The molecule has 0 aliphatic carbocycles. The van der Waals surface area contributed by atoms with Crippen LogP contribution in [0.5, 0.6) is 5.75 Å². The minimum atomic E-state index is -0.642. The number of nitrogens with zero attached hydrogens (tertiary/aromatic N) is 3. The molecule has 0 spiro atoms. The molecular formula is C23H27N3O2. The van der Waals surface area contributed by atoms with Crippen molar-refractivity contribution in [3.63, 3.8) is 0 Å². The lowest BCUT2D eigenvalue weighted by Gasteiger charge is -2.41. The molecular weight excluding hydrogens is 350 g/mol. The van der Waals surface area contributed by atoms with Gasteiger partial charge in [0.2, 0.25) is 0 Å². The average Bonchev–Trinajstić information content (AvgIpc) is 2.73. The van der Waals surface area contributed by atoms with Crippen LogP contribution in [0.1, 0.15) is 19.4 Å². The molecule has 1 N–H and O–H groups in total. The minimum absolute atomic E-state index is 0.436. The van der Waals surface area contributed by atoms with Crippen LogP contribution in [0.4, 0.5) is 5.69 Å². The SMILES string of the molecule is C/C(=C/C#N)c1ccccc1OC(C(C)O)N1CCN(c2ccccc2)CC1. The zero-order valence-corrected chi connectivity index (χ0v) is 16.5. The van der Waals surface area contributed by atoms with E-state index < -0.39 is 12.3 Å². The predicted octanol–water partition coefficient (Wildman–Crippen LogP) is 3.52. The van der Waals surface area contributed by atoms with E-state index in [1.807, 2.05) is 37.3 Å². The smallest absolute Gasteiger partial charge is 0.178 e. The molecule has 1 fully saturated rings. The Morgan fingerprint density at radius 3 is 2.36 bits per heavy atom. The van der Waals surface area contributed by atoms with E-state index in [1.165, 1.54) is 11.8 Å². The molecule has 1 aliphatic rings. The molecule has 28 heavy (non-hydrogen) atoms. The zero-order chi connectivity index (χ0) is 19.9. The van der Waals surface area contributed by atoms with E-state index in [0.29, 0.717) is 5.75 Å². The highest BCUT2D eigenvalue weighted by Crippen LogP contribution is 2.28. The number of piperazine rings is 1. The van der Waals surface area contributed by atoms with Crippen molar-refractivity contribution >= 4 is 11.3 Å². The monoisotopic (exact) mass is 377 g/mol. The molecule has 5 nitrogen and oxygen atoms in total. The first-order valence-electron chi connectivity index (χ1n) is 9.64. The van der Waals surface area contributed by atoms with E-state index in [-0.39, 0.29) is 0 Å². The number of aliphatic hydroxyl groups excluding tert-OH is 1. The molecule has 0 amide bonds. The van der Waals surface area contributed by atoms with Crippen molar-refractivity contribution in [3.8, 4) is 11.8 Å². The normalized spacial score (nSPS) is 17.6. The predicted molar refractivity (Wildman–Crippen MR) is 112 cm³/mol. The van der Waals surface area contributed by atoms with Gasteiger partial charge in [-0.25, -0.2) is 0 Å². The first-order chi connectivity index (χ1) is 13.6. The number of benzene rings is 2. The maximum atomic E-state index is 10.4. The van der Waals surface area contributed by atoms with Gasteiger partial charge in [-0.1, -0.05) is 36.4 Å². The molecule has 2 aromatic carbocycles. The third kappa shape index (κ3) is 4.72. The third-order valence-corrected chi connectivity index (χ3v) is 5.05. The fourth-order valence-corrected chi connectivity index (χ4v) is 3.55. The van der Waals surface area contributed by atoms with Gasteiger partial charge in [0.15, 0.2) is 6.23 Å². The van der Waals surface area contributed by atoms with Gasteiger partial charge in [-0.05, 0) is 37.6 Å². The summed E-state index contributed by atoms with van der Waals surface area (Å²) in [4.78, 5) is 4.54. The minimum Gasteiger partial charge on any atom is -0.472 e. The lowest BCUT2D eigenvalue weighted by atomic mass is 10.1. The highest BCUT2D eigenvalue weighted by molar-refractivity contribution is 5.70. The van der Waals surface area contributed by atoms with E-state index >= 15 is 0 Å². The van der Waals surface area contributed by atoms with Crippen LogP contribution in [0.2, 0.25) is 0 Å². The van der Waals surface area contributed by atoms with Crippen LogP contribution >= 0.6 is 0 Å². The van der Waals surface area contributed by atoms with E-state index in [1.54, 1.807) is 6.92 Å². The van der Waals surface area contributed by atoms with Gasteiger partial charge in [0.1, 0.15) is 11.9 Å². The summed E-state index contributed by atoms with van der Waals surface area (Å²) in [5.74, 6) is 0.683. The summed E-state index contributed by atoms with van der Waals surface area (Å²) < 4.78 is 6.26. The van der Waals surface area contributed by atoms with Gasteiger partial charge in [-0.2, -0.15) is 5.26 Å². The Hall–Kier alpha value is -2.81. The van der Waals surface area contributed by atoms with Gasteiger partial charge in [0, 0.05) is 43.5 Å². The van der Waals surface area contributed by atoms with Gasteiger partial charge < -0.3 is 14.7 Å². The summed E-state index contributed by atoms with van der Waals surface area (Å²) in [6, 6.07) is 20.1. The van der Waals surface area contributed by atoms with Gasteiger partial charge >= 0.3 is 0 Å². The molecule has 0 aromatic heterocycles. The molecule has 0 saturated carbocycles. The number of aliphatic hydroxyl groups is 1. The quantitative estimate of drug-likeness (QED) is 0.781. The molecule has 146 valence electrons. The van der Waals surface area contributed by atoms with Crippen LogP contribution in [-0.4, -0.2) is 48.5 Å². The van der Waals surface area contributed by atoms with Gasteiger partial charge in [-0.15, -0.1) is 0 Å². The van der Waals surface area contributed by atoms with Gasteiger partial charge in [0.05, 0.1) is 6.07 Å². The Kier molecular flexibility index (Phi) is 6.70. The van der Waals surface area contributed by atoms with Crippen LogP contribution in [0.25, 0.3) is 5.57 Å². The summed E-state index contributed by atoms with van der Waals surface area (Å²) in [5, 5.41) is 19.4. The molecule has 1 heterocycles. The fraction of sp³-hybridized carbons (Fsp3) is 0.348. The molecule has 2 atom stereocenters. The van der Waals surface area contributed by atoms with Crippen molar-refractivity contribution in [2.75, 3.05) is 31.1 Å². The molecule has 0 bridgehead atoms. The van der Waals surface area contributed by atoms with Crippen LogP contribution < -0.4 is 9.64 Å². The number of hydrogen-bond donors (Lipinski definition) is 1. The van der Waals surface area contributed by atoms with Gasteiger partial charge in [0.25, 0.3) is 0 Å². The number of para-hydroxylation sites is 2. The molecule has 1 aliphatic heterocycles. The fourth-order valence-electron chi connectivity index (χ4n) is 3.55. The average molecular weight is 377 g/mol. The highest BCUT2D eigenvalue weighted by atomic mass is 16.5. The first kappa shape index (κ1) is 19.9. The third-order valence-electron chi connectivity index (χ3n) is 5.05. The zero-order valence-electron chi connectivity index (χ0n) is 16.5. The van der Waals surface area contributed by atoms with Crippen molar-refractivity contribution in [1.82, 2.24) is 4.90 Å². The van der Waals surface area contributed by atoms with Crippen molar-refractivity contribution in [2.24, 2.45) is 0 Å². The molecule has 3 rings (SSSR count). The van der Waals surface area contributed by atoms with Crippen LogP contribution in [-0.2, 0) is 0 Å². The summed E-state index contributed by atoms with van der Waals surface area (Å²) >= 11 is 0. The number of ether oxygens (including phenoxy) is 1. The maximum Gasteiger partial charge on any atom is 0.178 e.